The topological polar surface area (TPSA) is 237 Å². The molecule has 0 heterocycles. The van der Waals surface area contributed by atoms with Gasteiger partial charge in [-0.3, -0.25) is 37.3 Å². The smallest absolute Gasteiger partial charge is 0.462 e. The van der Waals surface area contributed by atoms with Gasteiger partial charge >= 0.3 is 39.5 Å². The Kier molecular flexibility index (Phi) is 72.5. The Hall–Kier alpha value is -1.94. The van der Waals surface area contributed by atoms with Crippen LogP contribution in [0.25, 0.3) is 0 Å². The van der Waals surface area contributed by atoms with Gasteiger partial charge in [-0.05, 0) is 31.6 Å². The largest absolute Gasteiger partial charge is 0.472 e. The molecule has 0 aromatic heterocycles. The second-order valence-electron chi connectivity index (χ2n) is 29.4. The van der Waals surface area contributed by atoms with E-state index in [1.807, 2.05) is 0 Å². The highest BCUT2D eigenvalue weighted by atomic mass is 31.2. The van der Waals surface area contributed by atoms with Crippen LogP contribution in [-0.4, -0.2) is 96.7 Å². The first kappa shape index (κ1) is 98.1. The second-order valence-corrected chi connectivity index (χ2v) is 32.3. The van der Waals surface area contributed by atoms with E-state index in [4.69, 9.17) is 37.0 Å². The predicted octanol–water partition coefficient (Wildman–Crippen LogP) is 24.4. The summed E-state index contributed by atoms with van der Waals surface area (Å²) in [6.07, 6.45) is 65.2. The SMILES string of the molecule is CCCCCCCCCCCCCCCCCCCCCCCC(=O)O[C@H](COC(=O)CCCCCCCCCCCCCCCCCC)COP(=O)(O)OC[C@@H](O)COP(=O)(O)OC[C@@H](COC(=O)CCCCCCCCCCC)OC(=O)CCCCCCCCCCCCC(C)CC. The van der Waals surface area contributed by atoms with E-state index in [0.29, 0.717) is 25.7 Å². The van der Waals surface area contributed by atoms with Gasteiger partial charge < -0.3 is 33.8 Å². The third-order valence-corrected chi connectivity index (χ3v) is 21.3. The van der Waals surface area contributed by atoms with Gasteiger partial charge in [0.15, 0.2) is 12.2 Å². The average Bonchev–Trinajstić information content (AvgIpc) is 0.963. The molecule has 0 amide bonds. The quantitative estimate of drug-likeness (QED) is 0.0222. The van der Waals surface area contributed by atoms with Crippen molar-refractivity contribution in [1.82, 2.24) is 0 Å². The lowest BCUT2D eigenvalue weighted by Gasteiger charge is -2.21. The number of esters is 4. The normalized spacial score (nSPS) is 14.1. The molecule has 0 aliphatic heterocycles. The van der Waals surface area contributed by atoms with E-state index in [2.05, 4.69) is 34.6 Å². The Balaban J connectivity index is 5.21. The standard InChI is InChI=1S/C81H158O17P2/c1-6-10-13-16-19-22-24-26-28-30-31-32-33-34-36-38-40-46-51-56-61-66-80(85)97-77(71-92-79(84)65-60-55-50-45-39-37-35-29-27-25-23-20-17-14-11-7-2)73-96-100(89,90)94-69-75(82)68-93-99(87,88)95-72-76(70-91-78(83)64-59-54-49-43-21-18-15-12-8-3)98-81(86)67-62-57-52-47-42-41-44-48-53-58-63-74(5)9-4/h74-77,82H,6-73H2,1-5H3,(H,87,88)(H,89,90)/t74?,75-,76+,77+/m0/s1. The lowest BCUT2D eigenvalue weighted by atomic mass is 9.99. The Morgan fingerprint density at radius 2 is 0.480 bits per heavy atom. The first-order chi connectivity index (χ1) is 48.6. The van der Waals surface area contributed by atoms with Crippen molar-refractivity contribution in [3.8, 4) is 0 Å². The number of ether oxygens (including phenoxy) is 4. The van der Waals surface area contributed by atoms with Crippen LogP contribution in [0.1, 0.15) is 433 Å². The zero-order valence-corrected chi connectivity index (χ0v) is 67.1. The lowest BCUT2D eigenvalue weighted by molar-refractivity contribution is -0.161. The van der Waals surface area contributed by atoms with E-state index < -0.39 is 97.5 Å². The molecule has 0 saturated carbocycles. The highest BCUT2D eigenvalue weighted by Crippen LogP contribution is 2.45. The van der Waals surface area contributed by atoms with Crippen LogP contribution in [0.5, 0.6) is 0 Å². The van der Waals surface area contributed by atoms with Crippen LogP contribution in [-0.2, 0) is 65.4 Å². The molecule has 0 rings (SSSR count). The molecule has 0 aromatic carbocycles. The van der Waals surface area contributed by atoms with Crippen LogP contribution in [0.15, 0.2) is 0 Å². The van der Waals surface area contributed by atoms with Gasteiger partial charge in [0.25, 0.3) is 0 Å². The number of phosphoric ester groups is 2. The summed E-state index contributed by atoms with van der Waals surface area (Å²) in [5.74, 6) is -1.30. The third-order valence-electron chi connectivity index (χ3n) is 19.4. The number of hydrogen-bond donors (Lipinski definition) is 3. The molecular formula is C81H158O17P2. The van der Waals surface area contributed by atoms with Crippen LogP contribution >= 0.6 is 15.6 Å². The summed E-state index contributed by atoms with van der Waals surface area (Å²) in [7, 11) is -9.92. The highest BCUT2D eigenvalue weighted by Gasteiger charge is 2.30. The number of unbranched alkanes of at least 4 members (excludes halogenated alkanes) is 52. The van der Waals surface area contributed by atoms with Crippen LogP contribution in [0.4, 0.5) is 0 Å². The minimum absolute atomic E-state index is 0.107. The zero-order valence-electron chi connectivity index (χ0n) is 65.3. The van der Waals surface area contributed by atoms with Gasteiger partial charge in [0.2, 0.25) is 0 Å². The van der Waals surface area contributed by atoms with Gasteiger partial charge in [-0.25, -0.2) is 9.13 Å². The average molecular weight is 1470 g/mol. The molecule has 19 heteroatoms. The lowest BCUT2D eigenvalue weighted by Crippen LogP contribution is -2.30. The van der Waals surface area contributed by atoms with Crippen molar-refractivity contribution in [2.45, 2.75) is 451 Å². The number of aliphatic hydroxyl groups is 1. The van der Waals surface area contributed by atoms with Crippen molar-refractivity contribution in [2.24, 2.45) is 5.92 Å². The summed E-state index contributed by atoms with van der Waals surface area (Å²) in [6.45, 7) is 7.34. The first-order valence-corrected chi connectivity index (χ1v) is 45.2. The Labute approximate surface area is 613 Å². The summed E-state index contributed by atoms with van der Waals surface area (Å²) in [5.41, 5.74) is 0. The maximum absolute atomic E-state index is 13.1. The second kappa shape index (κ2) is 73.9. The van der Waals surface area contributed by atoms with Gasteiger partial charge in [0.1, 0.15) is 19.3 Å². The van der Waals surface area contributed by atoms with Gasteiger partial charge in [-0.2, -0.15) is 0 Å². The molecule has 0 aliphatic rings. The van der Waals surface area contributed by atoms with Crippen molar-refractivity contribution in [2.75, 3.05) is 39.6 Å². The maximum atomic E-state index is 13.1. The van der Waals surface area contributed by atoms with Crippen molar-refractivity contribution in [3.63, 3.8) is 0 Å². The molecule has 17 nitrogen and oxygen atoms in total. The number of carbonyl (C=O) groups is 4. The first-order valence-electron chi connectivity index (χ1n) is 42.2. The van der Waals surface area contributed by atoms with Crippen LogP contribution < -0.4 is 0 Å². The molecule has 6 atom stereocenters. The van der Waals surface area contributed by atoms with E-state index >= 15 is 0 Å². The molecule has 3 unspecified atom stereocenters. The van der Waals surface area contributed by atoms with Gasteiger partial charge in [-0.15, -0.1) is 0 Å². The molecule has 594 valence electrons. The Morgan fingerprint density at radius 1 is 0.280 bits per heavy atom. The van der Waals surface area contributed by atoms with Crippen LogP contribution in [0.2, 0.25) is 0 Å². The summed E-state index contributed by atoms with van der Waals surface area (Å²) in [6, 6.07) is 0. The molecule has 0 saturated heterocycles. The van der Waals surface area contributed by atoms with Crippen molar-refractivity contribution in [1.29, 1.82) is 0 Å². The molecular weight excluding hydrogens is 1310 g/mol. The predicted molar refractivity (Wildman–Crippen MR) is 409 cm³/mol. The molecule has 0 spiro atoms. The third kappa shape index (κ3) is 73.0. The zero-order chi connectivity index (χ0) is 73.4. The van der Waals surface area contributed by atoms with Crippen LogP contribution in [0, 0.1) is 5.92 Å². The van der Waals surface area contributed by atoms with E-state index in [1.165, 1.54) is 257 Å². The van der Waals surface area contributed by atoms with Crippen molar-refractivity contribution in [3.05, 3.63) is 0 Å². The van der Waals surface area contributed by atoms with Gasteiger partial charge in [0, 0.05) is 25.7 Å². The molecule has 0 bridgehead atoms. The number of carbonyl (C=O) groups excluding carboxylic acids is 4. The molecule has 100 heavy (non-hydrogen) atoms. The van der Waals surface area contributed by atoms with E-state index in [0.717, 1.165) is 95.8 Å². The van der Waals surface area contributed by atoms with E-state index in [9.17, 15) is 43.2 Å². The summed E-state index contributed by atoms with van der Waals surface area (Å²) >= 11 is 0. The van der Waals surface area contributed by atoms with Gasteiger partial charge in [-0.1, -0.05) is 381 Å². The summed E-state index contributed by atoms with van der Waals surface area (Å²) in [4.78, 5) is 73.0. The number of hydrogen-bond acceptors (Lipinski definition) is 15. The van der Waals surface area contributed by atoms with Crippen LogP contribution in [0.3, 0.4) is 0 Å². The minimum atomic E-state index is -4.96. The monoisotopic (exact) mass is 1470 g/mol. The Morgan fingerprint density at radius 3 is 0.710 bits per heavy atom. The van der Waals surface area contributed by atoms with E-state index in [-0.39, 0.29) is 25.7 Å². The molecule has 0 aromatic rings. The van der Waals surface area contributed by atoms with Crippen molar-refractivity contribution < 1.29 is 80.2 Å². The van der Waals surface area contributed by atoms with Crippen molar-refractivity contribution >= 4 is 39.5 Å². The molecule has 0 radical (unpaired) electrons. The van der Waals surface area contributed by atoms with E-state index in [1.54, 1.807) is 0 Å². The number of phosphoric acid groups is 2. The molecule has 3 N–H and O–H groups in total. The number of rotatable bonds is 81. The molecule has 0 fully saturated rings. The fourth-order valence-corrected chi connectivity index (χ4v) is 14.1. The molecule has 0 aliphatic carbocycles. The fourth-order valence-electron chi connectivity index (χ4n) is 12.6. The highest BCUT2D eigenvalue weighted by molar-refractivity contribution is 7.47. The minimum Gasteiger partial charge on any atom is -0.462 e. The fraction of sp³-hybridized carbons (Fsp3) is 0.951. The van der Waals surface area contributed by atoms with Gasteiger partial charge in [0.05, 0.1) is 26.4 Å². The maximum Gasteiger partial charge on any atom is 0.472 e. The number of aliphatic hydroxyl groups excluding tert-OH is 1. The summed E-state index contributed by atoms with van der Waals surface area (Å²) < 4.78 is 68.7. The Bertz CT molecular complexity index is 1910. The summed E-state index contributed by atoms with van der Waals surface area (Å²) in [5, 5.41) is 10.6.